The predicted octanol–water partition coefficient (Wildman–Crippen LogP) is 2.78. The molecule has 1 aliphatic heterocycles. The van der Waals surface area contributed by atoms with Gasteiger partial charge in [-0.3, -0.25) is 14.5 Å². The van der Waals surface area contributed by atoms with Crippen LogP contribution in [0.25, 0.3) is 6.08 Å². The van der Waals surface area contributed by atoms with Crippen molar-refractivity contribution in [3.8, 4) is 11.5 Å². The number of hydrogen-bond donors (Lipinski definition) is 0. The zero-order valence-corrected chi connectivity index (χ0v) is 14.1. The fourth-order valence-electron chi connectivity index (χ4n) is 2.14. The number of benzene rings is 1. The van der Waals surface area contributed by atoms with Gasteiger partial charge < -0.3 is 14.2 Å². The molecule has 7 heteroatoms. The van der Waals surface area contributed by atoms with Gasteiger partial charge in [0, 0.05) is 31.9 Å². The first-order chi connectivity index (χ1) is 11.1. The number of imide groups is 1. The second-order valence-corrected chi connectivity index (χ2v) is 5.78. The Bertz CT molecular complexity index is 629. The number of carbonyl (C=O) groups is 2. The van der Waals surface area contributed by atoms with Crippen molar-refractivity contribution < 1.29 is 23.8 Å². The topological polar surface area (TPSA) is 65.1 Å². The van der Waals surface area contributed by atoms with Crippen LogP contribution < -0.4 is 9.47 Å². The van der Waals surface area contributed by atoms with Crippen molar-refractivity contribution >= 4 is 29.0 Å². The molecule has 0 bridgehead atoms. The smallest absolute Gasteiger partial charge is 0.293 e. The maximum Gasteiger partial charge on any atom is 0.293 e. The molecule has 1 heterocycles. The number of methoxy groups -OCH3 is 3. The number of thioether (sulfide) groups is 1. The van der Waals surface area contributed by atoms with Gasteiger partial charge in [0.25, 0.3) is 11.1 Å². The minimum atomic E-state index is -0.283. The van der Waals surface area contributed by atoms with Crippen LogP contribution in [0.15, 0.2) is 23.1 Å². The quantitative estimate of drug-likeness (QED) is 0.563. The number of amides is 2. The third-order valence-electron chi connectivity index (χ3n) is 3.33. The Balaban J connectivity index is 2.20. The molecule has 1 aromatic carbocycles. The number of nitrogens with zero attached hydrogens (tertiary/aromatic N) is 1. The van der Waals surface area contributed by atoms with Crippen LogP contribution in [0.4, 0.5) is 4.79 Å². The lowest BCUT2D eigenvalue weighted by Gasteiger charge is -2.11. The highest BCUT2D eigenvalue weighted by Gasteiger charge is 2.34. The van der Waals surface area contributed by atoms with Crippen LogP contribution in [0.5, 0.6) is 11.5 Å². The monoisotopic (exact) mass is 337 g/mol. The van der Waals surface area contributed by atoms with Crippen molar-refractivity contribution in [2.45, 2.75) is 6.42 Å². The third kappa shape index (κ3) is 4.05. The van der Waals surface area contributed by atoms with E-state index in [4.69, 9.17) is 14.2 Å². The Morgan fingerprint density at radius 1 is 1.17 bits per heavy atom. The van der Waals surface area contributed by atoms with Gasteiger partial charge in [0.15, 0.2) is 0 Å². The van der Waals surface area contributed by atoms with Gasteiger partial charge in [0.05, 0.1) is 19.1 Å². The first-order valence-corrected chi connectivity index (χ1v) is 7.88. The molecule has 0 radical (unpaired) electrons. The highest BCUT2D eigenvalue weighted by atomic mass is 32.2. The molecule has 124 valence electrons. The van der Waals surface area contributed by atoms with E-state index >= 15 is 0 Å². The fraction of sp³-hybridized carbons (Fsp3) is 0.375. The van der Waals surface area contributed by atoms with E-state index in [0.717, 1.165) is 17.3 Å². The molecule has 1 fully saturated rings. The van der Waals surface area contributed by atoms with Crippen molar-refractivity contribution in [1.29, 1.82) is 0 Å². The maximum absolute atomic E-state index is 12.3. The summed E-state index contributed by atoms with van der Waals surface area (Å²) in [5, 5.41) is -0.259. The van der Waals surface area contributed by atoms with Gasteiger partial charge in [-0.05, 0) is 36.4 Å². The highest BCUT2D eigenvalue weighted by molar-refractivity contribution is 8.18. The van der Waals surface area contributed by atoms with Crippen LogP contribution in [0.1, 0.15) is 12.0 Å². The van der Waals surface area contributed by atoms with Gasteiger partial charge in [-0.2, -0.15) is 0 Å². The van der Waals surface area contributed by atoms with Gasteiger partial charge in [0.1, 0.15) is 11.5 Å². The molecule has 0 aromatic heterocycles. The molecule has 0 unspecified atom stereocenters. The number of rotatable bonds is 7. The summed E-state index contributed by atoms with van der Waals surface area (Å²) in [6.07, 6.45) is 2.28. The van der Waals surface area contributed by atoms with E-state index in [2.05, 4.69) is 0 Å². The van der Waals surface area contributed by atoms with Gasteiger partial charge in [0.2, 0.25) is 0 Å². The molecule has 1 saturated heterocycles. The molecule has 1 aromatic rings. The van der Waals surface area contributed by atoms with Crippen LogP contribution in [-0.2, 0) is 9.53 Å². The molecule has 0 atom stereocenters. The van der Waals surface area contributed by atoms with E-state index in [-0.39, 0.29) is 11.1 Å². The second kappa shape index (κ2) is 8.03. The first kappa shape index (κ1) is 17.4. The lowest BCUT2D eigenvalue weighted by Crippen LogP contribution is -2.29. The van der Waals surface area contributed by atoms with Crippen LogP contribution in [0, 0.1) is 0 Å². The van der Waals surface area contributed by atoms with E-state index in [1.165, 1.54) is 4.90 Å². The second-order valence-electron chi connectivity index (χ2n) is 4.79. The lowest BCUT2D eigenvalue weighted by atomic mass is 10.1. The first-order valence-electron chi connectivity index (χ1n) is 7.07. The summed E-state index contributed by atoms with van der Waals surface area (Å²) in [6.45, 7) is 0.864. The largest absolute Gasteiger partial charge is 0.497 e. The van der Waals surface area contributed by atoms with Crippen molar-refractivity contribution in [2.75, 3.05) is 34.5 Å². The van der Waals surface area contributed by atoms with Crippen molar-refractivity contribution in [3.05, 3.63) is 28.7 Å². The van der Waals surface area contributed by atoms with Gasteiger partial charge in [-0.15, -0.1) is 0 Å². The van der Waals surface area contributed by atoms with Crippen molar-refractivity contribution in [3.63, 3.8) is 0 Å². The maximum atomic E-state index is 12.3. The lowest BCUT2D eigenvalue weighted by molar-refractivity contribution is -0.122. The molecule has 0 aliphatic carbocycles. The number of hydrogen-bond acceptors (Lipinski definition) is 6. The zero-order valence-electron chi connectivity index (χ0n) is 13.3. The third-order valence-corrected chi connectivity index (χ3v) is 4.24. The Morgan fingerprint density at radius 2 is 1.96 bits per heavy atom. The van der Waals surface area contributed by atoms with Crippen LogP contribution in [0.2, 0.25) is 0 Å². The zero-order chi connectivity index (χ0) is 16.8. The molecule has 6 nitrogen and oxygen atoms in total. The minimum absolute atomic E-state index is 0.259. The minimum Gasteiger partial charge on any atom is -0.497 e. The van der Waals surface area contributed by atoms with Crippen molar-refractivity contribution in [1.82, 2.24) is 4.90 Å². The van der Waals surface area contributed by atoms with E-state index in [9.17, 15) is 9.59 Å². The van der Waals surface area contributed by atoms with Crippen molar-refractivity contribution in [2.24, 2.45) is 0 Å². The summed E-state index contributed by atoms with van der Waals surface area (Å²) >= 11 is 0.935. The fourth-order valence-corrected chi connectivity index (χ4v) is 2.99. The molecular formula is C16H19NO5S. The normalized spacial score (nSPS) is 16.3. The highest BCUT2D eigenvalue weighted by Crippen LogP contribution is 2.35. The van der Waals surface area contributed by atoms with E-state index in [0.29, 0.717) is 36.0 Å². The Hall–Kier alpha value is -1.99. The summed E-state index contributed by atoms with van der Waals surface area (Å²) in [6, 6.07) is 5.29. The summed E-state index contributed by atoms with van der Waals surface area (Å²) in [7, 11) is 4.70. The molecule has 0 saturated carbocycles. The number of ether oxygens (including phenoxy) is 3. The van der Waals surface area contributed by atoms with Gasteiger partial charge in [-0.1, -0.05) is 0 Å². The molecule has 0 N–H and O–H groups in total. The molecule has 2 rings (SSSR count). The van der Waals surface area contributed by atoms with Crippen LogP contribution >= 0.6 is 11.8 Å². The summed E-state index contributed by atoms with van der Waals surface area (Å²) in [4.78, 5) is 25.9. The summed E-state index contributed by atoms with van der Waals surface area (Å²) in [5.74, 6) is 0.955. The average Bonchev–Trinajstić information content (AvgIpc) is 2.82. The molecule has 23 heavy (non-hydrogen) atoms. The van der Waals surface area contributed by atoms with E-state index in [1.807, 2.05) is 0 Å². The summed E-state index contributed by atoms with van der Waals surface area (Å²) < 4.78 is 15.4. The Kier molecular flexibility index (Phi) is 6.06. The van der Waals surface area contributed by atoms with Gasteiger partial charge in [-0.25, -0.2) is 0 Å². The van der Waals surface area contributed by atoms with Gasteiger partial charge >= 0.3 is 0 Å². The number of carbonyl (C=O) groups excluding carboxylic acids is 2. The van der Waals surface area contributed by atoms with Crippen LogP contribution in [0.3, 0.4) is 0 Å². The molecular weight excluding hydrogens is 318 g/mol. The standard InChI is InChI=1S/C16H19NO5S/c1-20-8-4-7-17-15(18)14(23-16(17)19)9-11-5-6-12(21-2)10-13(11)22-3/h5-6,9-10H,4,7-8H2,1-3H3/b14-9+. The average molecular weight is 337 g/mol. The Morgan fingerprint density at radius 3 is 2.61 bits per heavy atom. The molecule has 2 amide bonds. The molecule has 1 aliphatic rings. The van der Waals surface area contributed by atoms with Crippen LogP contribution in [-0.4, -0.2) is 50.5 Å². The molecule has 0 spiro atoms. The summed E-state index contributed by atoms with van der Waals surface area (Å²) in [5.41, 5.74) is 0.718. The SMILES string of the molecule is COCCCN1C(=O)S/C(=C/c2ccc(OC)cc2OC)C1=O. The van der Waals surface area contributed by atoms with E-state index in [1.54, 1.807) is 45.6 Å². The van der Waals surface area contributed by atoms with E-state index < -0.39 is 0 Å². The Labute approximate surface area is 139 Å². The predicted molar refractivity (Wildman–Crippen MR) is 88.7 cm³/mol.